The average molecular weight is 679 g/mol. The molecule has 0 amide bonds. The molecule has 4 rings (SSSR count). The molecular weight excluding hydrogens is 640 g/mol. The number of ketones is 1. The summed E-state index contributed by atoms with van der Waals surface area (Å²) in [6.07, 6.45) is -3.52. The molecule has 0 atom stereocenters. The zero-order chi connectivity index (χ0) is 36.0. The number of hydrogen-bond acceptors (Lipinski definition) is 8. The number of aromatic nitrogens is 1. The Hall–Kier alpha value is -5.08. The van der Waals surface area contributed by atoms with Crippen molar-refractivity contribution in [3.63, 3.8) is 0 Å². The van der Waals surface area contributed by atoms with Crippen molar-refractivity contribution in [3.05, 3.63) is 80.5 Å². The van der Waals surface area contributed by atoms with Crippen LogP contribution in [0.15, 0.2) is 41.3 Å². The standard InChI is InChI=1S/C31H37FN4O5.C2HF3O2/c1-7-40-24-14-20-16-36(29(33)25(20)26(32)28(24)41-8-2)17-23(37)19-12-21(31(3,4)5)27(39-6)22(13-19)35-15-18-10-9-11-34-30(18)38;3-2(4,5)1(6)7/h9-14,33,35H,7-8,15-17H2,1-6H3,(H,34,38);(H,6,7). The molecule has 0 aliphatic carbocycles. The van der Waals surface area contributed by atoms with Crippen molar-refractivity contribution in [3.8, 4) is 17.2 Å². The largest absolute Gasteiger partial charge is 0.494 e. The highest BCUT2D eigenvalue weighted by Gasteiger charge is 2.38. The van der Waals surface area contributed by atoms with Crippen LogP contribution in [0.2, 0.25) is 0 Å². The number of aromatic amines is 1. The number of carboxylic acid groups (broad SMARTS) is 1. The van der Waals surface area contributed by atoms with Crippen LogP contribution in [0, 0.1) is 11.2 Å². The Morgan fingerprint density at radius 2 is 1.73 bits per heavy atom. The van der Waals surface area contributed by atoms with E-state index >= 15 is 4.39 Å². The minimum Gasteiger partial charge on any atom is -0.494 e. The molecule has 48 heavy (non-hydrogen) atoms. The van der Waals surface area contributed by atoms with Crippen molar-refractivity contribution in [2.75, 3.05) is 32.2 Å². The predicted molar refractivity (Wildman–Crippen MR) is 170 cm³/mol. The van der Waals surface area contributed by atoms with Gasteiger partial charge in [0.25, 0.3) is 5.56 Å². The molecule has 0 spiro atoms. The van der Waals surface area contributed by atoms with Crippen molar-refractivity contribution in [1.29, 1.82) is 5.41 Å². The summed E-state index contributed by atoms with van der Waals surface area (Å²) in [6.45, 7) is 10.5. The molecule has 15 heteroatoms. The van der Waals surface area contributed by atoms with E-state index in [0.29, 0.717) is 34.7 Å². The number of nitrogens with one attached hydrogen (secondary N) is 3. The molecule has 1 aromatic heterocycles. The summed E-state index contributed by atoms with van der Waals surface area (Å²) >= 11 is 0. The molecule has 0 radical (unpaired) electrons. The second-order valence-electron chi connectivity index (χ2n) is 11.6. The molecule has 11 nitrogen and oxygen atoms in total. The van der Waals surface area contributed by atoms with E-state index in [4.69, 9.17) is 29.5 Å². The van der Waals surface area contributed by atoms with E-state index in [1.807, 2.05) is 20.8 Å². The number of carboxylic acids is 1. The van der Waals surface area contributed by atoms with E-state index in [1.54, 1.807) is 62.4 Å². The topological polar surface area (TPSA) is 154 Å². The van der Waals surface area contributed by atoms with E-state index in [9.17, 15) is 22.8 Å². The lowest BCUT2D eigenvalue weighted by molar-refractivity contribution is -0.192. The fraction of sp³-hybridized carbons (Fsp3) is 0.394. The first-order chi connectivity index (χ1) is 22.4. The Morgan fingerprint density at radius 1 is 1.08 bits per heavy atom. The summed E-state index contributed by atoms with van der Waals surface area (Å²) in [4.78, 5) is 39.0. The molecule has 4 N–H and O–H groups in total. The number of ether oxygens (including phenoxy) is 3. The number of Topliss-reactive ketones (excluding diaryl/α,β-unsaturated/α-hetero) is 1. The molecule has 1 aliphatic rings. The summed E-state index contributed by atoms with van der Waals surface area (Å²) in [5, 5.41) is 19.1. The fourth-order valence-electron chi connectivity index (χ4n) is 4.91. The number of carbonyl (C=O) groups is 2. The quantitative estimate of drug-likeness (QED) is 0.144. The smallest absolute Gasteiger partial charge is 0.490 e. The highest BCUT2D eigenvalue weighted by atomic mass is 19.4. The lowest BCUT2D eigenvalue weighted by atomic mass is 9.84. The number of rotatable bonds is 11. The van der Waals surface area contributed by atoms with Crippen LogP contribution in [-0.4, -0.2) is 65.6 Å². The van der Waals surface area contributed by atoms with Crippen molar-refractivity contribution in [1.82, 2.24) is 9.88 Å². The normalized spacial score (nSPS) is 12.5. The van der Waals surface area contributed by atoms with Gasteiger partial charge in [0.05, 0.1) is 38.1 Å². The fourth-order valence-corrected chi connectivity index (χ4v) is 4.91. The number of carbonyl (C=O) groups excluding carboxylic acids is 1. The lowest BCUT2D eigenvalue weighted by Gasteiger charge is -2.26. The Labute approximate surface area is 274 Å². The number of methoxy groups -OCH3 is 1. The maximum absolute atomic E-state index is 15.5. The van der Waals surface area contributed by atoms with Gasteiger partial charge in [0.1, 0.15) is 11.6 Å². The van der Waals surface area contributed by atoms with Gasteiger partial charge in [0, 0.05) is 36.0 Å². The molecule has 260 valence electrons. The third-order valence-electron chi connectivity index (χ3n) is 7.14. The minimum atomic E-state index is -5.08. The van der Waals surface area contributed by atoms with E-state index in [1.165, 1.54) is 0 Å². The summed E-state index contributed by atoms with van der Waals surface area (Å²) < 4.78 is 64.1. The van der Waals surface area contributed by atoms with Crippen LogP contribution < -0.4 is 25.1 Å². The third-order valence-corrected chi connectivity index (χ3v) is 7.14. The van der Waals surface area contributed by atoms with Crippen molar-refractivity contribution >= 4 is 23.3 Å². The highest BCUT2D eigenvalue weighted by molar-refractivity contribution is 6.06. The van der Waals surface area contributed by atoms with Crippen LogP contribution in [0.5, 0.6) is 17.2 Å². The van der Waals surface area contributed by atoms with Crippen LogP contribution in [0.25, 0.3) is 0 Å². The number of H-pyrrole nitrogens is 1. The van der Waals surface area contributed by atoms with Crippen LogP contribution in [0.3, 0.4) is 0 Å². The number of anilines is 1. The van der Waals surface area contributed by atoms with Gasteiger partial charge >= 0.3 is 12.1 Å². The van der Waals surface area contributed by atoms with Gasteiger partial charge in [-0.3, -0.25) is 15.0 Å². The minimum absolute atomic E-state index is 0.0241. The second kappa shape index (κ2) is 15.2. The molecule has 0 fully saturated rings. The predicted octanol–water partition coefficient (Wildman–Crippen LogP) is 5.89. The maximum Gasteiger partial charge on any atom is 0.490 e. The molecule has 3 aromatic rings. The maximum atomic E-state index is 15.5. The molecule has 0 saturated carbocycles. The van der Waals surface area contributed by atoms with Crippen LogP contribution >= 0.6 is 0 Å². The van der Waals surface area contributed by atoms with Crippen LogP contribution in [-0.2, 0) is 23.3 Å². The molecule has 1 aliphatic heterocycles. The number of amidine groups is 1. The molecular formula is C33H38F4N4O7. The first-order valence-electron chi connectivity index (χ1n) is 14.9. The molecule has 0 saturated heterocycles. The molecule has 2 aromatic carbocycles. The summed E-state index contributed by atoms with van der Waals surface area (Å²) in [5.74, 6) is -2.90. The zero-order valence-electron chi connectivity index (χ0n) is 27.4. The van der Waals surface area contributed by atoms with E-state index in [2.05, 4.69) is 10.3 Å². The van der Waals surface area contributed by atoms with Crippen LogP contribution in [0.4, 0.5) is 23.2 Å². The summed E-state index contributed by atoms with van der Waals surface area (Å²) in [6, 6.07) is 8.65. The van der Waals surface area contributed by atoms with Crippen molar-refractivity contribution in [2.45, 2.75) is 59.3 Å². The Bertz CT molecular complexity index is 1730. The van der Waals surface area contributed by atoms with Gasteiger partial charge in [-0.05, 0) is 49.1 Å². The first-order valence-corrected chi connectivity index (χ1v) is 14.9. The van der Waals surface area contributed by atoms with Crippen molar-refractivity contribution in [2.24, 2.45) is 0 Å². The molecule has 0 bridgehead atoms. The molecule has 2 heterocycles. The number of pyridine rings is 1. The number of benzene rings is 2. The number of alkyl halides is 3. The Balaban J connectivity index is 0.000000804. The average Bonchev–Trinajstić information content (AvgIpc) is 3.31. The van der Waals surface area contributed by atoms with E-state index in [0.717, 1.165) is 5.56 Å². The highest BCUT2D eigenvalue weighted by Crippen LogP contribution is 2.40. The monoisotopic (exact) mass is 678 g/mol. The number of hydrogen-bond donors (Lipinski definition) is 4. The van der Waals surface area contributed by atoms with Gasteiger partial charge in [-0.15, -0.1) is 0 Å². The third kappa shape index (κ3) is 8.63. The Kier molecular flexibility index (Phi) is 11.8. The number of nitrogens with zero attached hydrogens (tertiary/aromatic N) is 1. The zero-order valence-corrected chi connectivity index (χ0v) is 27.4. The van der Waals surface area contributed by atoms with Gasteiger partial charge in [0.15, 0.2) is 23.1 Å². The van der Waals surface area contributed by atoms with Gasteiger partial charge in [-0.1, -0.05) is 26.8 Å². The Morgan fingerprint density at radius 3 is 2.27 bits per heavy atom. The van der Waals surface area contributed by atoms with Crippen LogP contribution in [0.1, 0.15) is 67.2 Å². The first kappa shape index (κ1) is 37.4. The molecule has 0 unspecified atom stereocenters. The van der Waals surface area contributed by atoms with Crippen molar-refractivity contribution < 1.29 is 46.5 Å². The number of aliphatic carboxylic acids is 1. The number of halogens is 4. The van der Waals surface area contributed by atoms with Gasteiger partial charge in [-0.2, -0.15) is 13.2 Å². The van der Waals surface area contributed by atoms with E-state index < -0.39 is 18.0 Å². The SMILES string of the molecule is CCOc1cc2c(c(F)c1OCC)C(=N)N(CC(=O)c1cc(NCc3ccc[nH]c3=O)c(OC)c(C(C)(C)C)c1)C2.O=C(O)C(F)(F)F. The van der Waals surface area contributed by atoms with Gasteiger partial charge in [0.2, 0.25) is 0 Å². The van der Waals surface area contributed by atoms with E-state index in [-0.39, 0.29) is 65.9 Å². The number of fused-ring (bicyclic) bond motifs is 1. The second-order valence-corrected chi connectivity index (χ2v) is 11.6. The van der Waals surface area contributed by atoms with Gasteiger partial charge in [-0.25, -0.2) is 9.18 Å². The lowest BCUT2D eigenvalue weighted by Crippen LogP contribution is -2.31. The summed E-state index contributed by atoms with van der Waals surface area (Å²) in [5.41, 5.74) is 2.43. The van der Waals surface area contributed by atoms with Gasteiger partial charge < -0.3 is 34.5 Å². The summed E-state index contributed by atoms with van der Waals surface area (Å²) in [7, 11) is 1.57.